The Balaban J connectivity index is 2.47. The number of cyclic esters (lactones) is 1. The minimum absolute atomic E-state index is 0.492. The first-order chi connectivity index (χ1) is 8.97. The average Bonchev–Trinajstić information content (AvgIpc) is 2.64. The summed E-state index contributed by atoms with van der Waals surface area (Å²) in [6.07, 6.45) is 3.02. The number of esters is 2. The summed E-state index contributed by atoms with van der Waals surface area (Å²) in [5.74, 6) is -3.57. The van der Waals surface area contributed by atoms with Crippen molar-refractivity contribution in [3.05, 3.63) is 35.8 Å². The van der Waals surface area contributed by atoms with Crippen LogP contribution in [0.2, 0.25) is 0 Å². The number of hydrogen-bond donors (Lipinski definition) is 3. The van der Waals surface area contributed by atoms with Gasteiger partial charge in [-0.05, 0) is 6.92 Å². The summed E-state index contributed by atoms with van der Waals surface area (Å²) in [6, 6.07) is 0. The first kappa shape index (κ1) is 14.8. The molecule has 3 N–H and O–H groups in total. The van der Waals surface area contributed by atoms with Crippen molar-refractivity contribution in [1.82, 2.24) is 0 Å². The number of carbonyl (C=O) groups is 2. The normalized spacial score (nSPS) is 21.2. The first-order valence-electron chi connectivity index (χ1n) is 5.44. The van der Waals surface area contributed by atoms with Gasteiger partial charge in [-0.15, -0.1) is 0 Å². The molecule has 0 aromatic rings. The van der Waals surface area contributed by atoms with Gasteiger partial charge >= 0.3 is 11.9 Å². The summed E-state index contributed by atoms with van der Waals surface area (Å²) in [5, 5.41) is 27.9. The standard InChI is InChI=1S/C12H14O7/c1-2-3-4-5-8(14)18-6-7(13)11-9(15)10(16)12(17)19-11/h2-5,7,11,13,15-16H,6H2,1H3. The van der Waals surface area contributed by atoms with Crippen LogP contribution in [0.4, 0.5) is 0 Å². The monoisotopic (exact) mass is 270 g/mol. The molecule has 7 nitrogen and oxygen atoms in total. The van der Waals surface area contributed by atoms with E-state index in [4.69, 9.17) is 5.11 Å². The minimum Gasteiger partial charge on any atom is -0.505 e. The zero-order chi connectivity index (χ0) is 14.4. The quantitative estimate of drug-likeness (QED) is 0.373. The highest BCUT2D eigenvalue weighted by molar-refractivity contribution is 5.89. The Labute approximate surface area is 109 Å². The fraction of sp³-hybridized carbons (Fsp3) is 0.333. The fourth-order valence-corrected chi connectivity index (χ4v) is 1.28. The molecule has 7 heteroatoms. The van der Waals surface area contributed by atoms with Crippen molar-refractivity contribution in [1.29, 1.82) is 0 Å². The van der Waals surface area contributed by atoms with Gasteiger partial charge in [0.1, 0.15) is 12.7 Å². The van der Waals surface area contributed by atoms with Crippen LogP contribution in [-0.2, 0) is 19.1 Å². The Hall–Kier alpha value is -2.28. The Morgan fingerprint density at radius 1 is 1.47 bits per heavy atom. The molecule has 0 aromatic heterocycles. The van der Waals surface area contributed by atoms with E-state index in [1.165, 1.54) is 6.08 Å². The van der Waals surface area contributed by atoms with E-state index in [9.17, 15) is 19.8 Å². The minimum atomic E-state index is -1.47. The summed E-state index contributed by atoms with van der Waals surface area (Å²) in [5.41, 5.74) is 0. The van der Waals surface area contributed by atoms with E-state index >= 15 is 0 Å². The Bertz CT molecular complexity index is 447. The molecule has 104 valence electrons. The Kier molecular flexibility index (Phi) is 5.13. The van der Waals surface area contributed by atoms with Crippen LogP contribution in [0.3, 0.4) is 0 Å². The lowest BCUT2D eigenvalue weighted by Gasteiger charge is -2.16. The van der Waals surface area contributed by atoms with Crippen LogP contribution in [0.15, 0.2) is 35.8 Å². The van der Waals surface area contributed by atoms with E-state index in [0.29, 0.717) is 0 Å². The molecule has 0 saturated carbocycles. The number of ether oxygens (including phenoxy) is 2. The van der Waals surface area contributed by atoms with Crippen LogP contribution in [-0.4, -0.2) is 46.1 Å². The summed E-state index contributed by atoms with van der Waals surface area (Å²) in [4.78, 5) is 22.0. The molecule has 1 aliphatic rings. The molecule has 1 heterocycles. The van der Waals surface area contributed by atoms with Crippen molar-refractivity contribution in [2.24, 2.45) is 0 Å². The van der Waals surface area contributed by atoms with Crippen molar-refractivity contribution >= 4 is 11.9 Å². The van der Waals surface area contributed by atoms with Crippen LogP contribution in [0, 0.1) is 0 Å². The number of rotatable bonds is 5. The molecular formula is C12H14O7. The third-order valence-corrected chi connectivity index (χ3v) is 2.22. The van der Waals surface area contributed by atoms with Gasteiger partial charge in [-0.2, -0.15) is 0 Å². The maximum Gasteiger partial charge on any atom is 0.377 e. The van der Waals surface area contributed by atoms with E-state index in [0.717, 1.165) is 6.08 Å². The first-order valence-corrected chi connectivity index (χ1v) is 5.44. The molecular weight excluding hydrogens is 256 g/mol. The second-order valence-corrected chi connectivity index (χ2v) is 3.64. The number of hydrogen-bond acceptors (Lipinski definition) is 7. The molecule has 0 aromatic carbocycles. The molecule has 1 rings (SSSR count). The zero-order valence-corrected chi connectivity index (χ0v) is 10.1. The van der Waals surface area contributed by atoms with Crippen molar-refractivity contribution in [2.45, 2.75) is 19.1 Å². The van der Waals surface area contributed by atoms with Crippen LogP contribution < -0.4 is 0 Å². The molecule has 2 atom stereocenters. The van der Waals surface area contributed by atoms with Gasteiger partial charge in [0.2, 0.25) is 5.76 Å². The largest absolute Gasteiger partial charge is 0.505 e. The number of aliphatic hydroxyl groups is 3. The van der Waals surface area contributed by atoms with E-state index in [1.54, 1.807) is 19.1 Å². The SMILES string of the molecule is CC=CC=CC(=O)OCC(O)C1OC(=O)C(O)=C1O. The smallest absolute Gasteiger partial charge is 0.377 e. The van der Waals surface area contributed by atoms with E-state index < -0.39 is 42.3 Å². The van der Waals surface area contributed by atoms with E-state index in [-0.39, 0.29) is 0 Å². The summed E-state index contributed by atoms with van der Waals surface area (Å²) < 4.78 is 9.16. The van der Waals surface area contributed by atoms with Crippen molar-refractivity contribution < 1.29 is 34.4 Å². The van der Waals surface area contributed by atoms with Crippen LogP contribution in [0.5, 0.6) is 0 Å². The maximum atomic E-state index is 11.2. The summed E-state index contributed by atoms with van der Waals surface area (Å²) in [7, 11) is 0. The van der Waals surface area contributed by atoms with E-state index in [2.05, 4.69) is 9.47 Å². The second kappa shape index (κ2) is 6.60. The van der Waals surface area contributed by atoms with Gasteiger partial charge in [0, 0.05) is 6.08 Å². The predicted octanol–water partition coefficient (Wildman–Crippen LogP) is 0.276. The number of allylic oxidation sites excluding steroid dienone is 3. The topological polar surface area (TPSA) is 113 Å². The van der Waals surface area contributed by atoms with Crippen molar-refractivity contribution in [3.8, 4) is 0 Å². The van der Waals surface area contributed by atoms with Crippen molar-refractivity contribution in [2.75, 3.05) is 6.61 Å². The third-order valence-electron chi connectivity index (χ3n) is 2.22. The van der Waals surface area contributed by atoms with Crippen LogP contribution in [0.1, 0.15) is 6.92 Å². The highest BCUT2D eigenvalue weighted by atomic mass is 16.6. The predicted molar refractivity (Wildman–Crippen MR) is 63.1 cm³/mol. The summed E-state index contributed by atoms with van der Waals surface area (Å²) in [6.45, 7) is 1.28. The van der Waals surface area contributed by atoms with Gasteiger partial charge in [-0.3, -0.25) is 0 Å². The molecule has 0 aliphatic carbocycles. The molecule has 0 amide bonds. The molecule has 0 bridgehead atoms. The fourth-order valence-electron chi connectivity index (χ4n) is 1.28. The summed E-state index contributed by atoms with van der Waals surface area (Å²) >= 11 is 0. The maximum absolute atomic E-state index is 11.2. The third kappa shape index (κ3) is 3.85. The lowest BCUT2D eigenvalue weighted by atomic mass is 10.2. The van der Waals surface area contributed by atoms with Gasteiger partial charge in [-0.25, -0.2) is 9.59 Å². The lowest BCUT2D eigenvalue weighted by Crippen LogP contribution is -2.33. The molecule has 0 spiro atoms. The molecule has 2 unspecified atom stereocenters. The molecule has 19 heavy (non-hydrogen) atoms. The van der Waals surface area contributed by atoms with Crippen LogP contribution >= 0.6 is 0 Å². The van der Waals surface area contributed by atoms with Gasteiger partial charge in [0.25, 0.3) is 0 Å². The molecule has 0 radical (unpaired) electrons. The molecule has 1 aliphatic heterocycles. The van der Waals surface area contributed by atoms with Gasteiger partial charge < -0.3 is 24.8 Å². The van der Waals surface area contributed by atoms with Crippen LogP contribution in [0.25, 0.3) is 0 Å². The average molecular weight is 270 g/mol. The van der Waals surface area contributed by atoms with E-state index in [1.807, 2.05) is 0 Å². The number of aliphatic hydroxyl groups excluding tert-OH is 3. The highest BCUT2D eigenvalue weighted by Gasteiger charge is 2.39. The zero-order valence-electron chi connectivity index (χ0n) is 10.1. The Morgan fingerprint density at radius 3 is 2.68 bits per heavy atom. The Morgan fingerprint density at radius 2 is 2.16 bits per heavy atom. The van der Waals surface area contributed by atoms with Crippen molar-refractivity contribution in [3.63, 3.8) is 0 Å². The van der Waals surface area contributed by atoms with Gasteiger partial charge in [0.05, 0.1) is 0 Å². The highest BCUT2D eigenvalue weighted by Crippen LogP contribution is 2.21. The second-order valence-electron chi connectivity index (χ2n) is 3.64. The van der Waals surface area contributed by atoms with Gasteiger partial charge in [-0.1, -0.05) is 18.2 Å². The molecule has 0 fully saturated rings. The molecule has 0 saturated heterocycles. The lowest BCUT2D eigenvalue weighted by molar-refractivity contribution is -0.151. The van der Waals surface area contributed by atoms with Gasteiger partial charge in [0.15, 0.2) is 11.9 Å². The number of carbonyl (C=O) groups excluding carboxylic acids is 2.